The molecular weight excluding hydrogens is 573 g/mol. The molecule has 5 atom stereocenters. The second-order valence-corrected chi connectivity index (χ2v) is 14.1. The zero-order valence-electron chi connectivity index (χ0n) is 23.2. The summed E-state index contributed by atoms with van der Waals surface area (Å²) in [5, 5.41) is 4.67. The van der Waals surface area contributed by atoms with Gasteiger partial charge in [-0.25, -0.2) is 23.4 Å². The smallest absolute Gasteiger partial charge is 0.291 e. The van der Waals surface area contributed by atoms with Crippen molar-refractivity contribution < 1.29 is 18.4 Å². The van der Waals surface area contributed by atoms with Crippen molar-refractivity contribution in [1.82, 2.24) is 34.9 Å². The van der Waals surface area contributed by atoms with Crippen LogP contribution in [0, 0.1) is 5.92 Å². The van der Waals surface area contributed by atoms with Crippen LogP contribution in [0.25, 0.3) is 11.0 Å². The first-order valence-electron chi connectivity index (χ1n) is 13.3. The topological polar surface area (TPSA) is 109 Å². The van der Waals surface area contributed by atoms with Crippen LogP contribution < -0.4 is 10.6 Å². The molecule has 0 bridgehead atoms. The molecule has 1 fully saturated rings. The third-order valence-corrected chi connectivity index (χ3v) is 8.79. The van der Waals surface area contributed by atoms with Crippen molar-refractivity contribution in [3.63, 3.8) is 0 Å². The van der Waals surface area contributed by atoms with Crippen molar-refractivity contribution in [2.75, 3.05) is 13.6 Å². The number of halogens is 2. The van der Waals surface area contributed by atoms with Crippen LogP contribution in [-0.2, 0) is 11.2 Å². The number of aromatic nitrogens is 5. The maximum absolute atomic E-state index is 14.7. The summed E-state index contributed by atoms with van der Waals surface area (Å²) in [5.74, 6) is 0.196. The summed E-state index contributed by atoms with van der Waals surface area (Å²) in [6.07, 6.45) is 3.34. The number of alkyl halides is 2. The van der Waals surface area contributed by atoms with E-state index in [-0.39, 0.29) is 42.6 Å². The van der Waals surface area contributed by atoms with E-state index >= 15 is 0 Å². The molecule has 14 heteroatoms. The molecule has 2 N–H and O–H groups in total. The van der Waals surface area contributed by atoms with Gasteiger partial charge in [-0.3, -0.25) is 9.59 Å². The molecule has 1 aromatic carbocycles. The number of amides is 2. The van der Waals surface area contributed by atoms with Gasteiger partial charge < -0.3 is 15.2 Å². The lowest BCUT2D eigenvalue weighted by molar-refractivity contribution is -0.120. The second kappa shape index (κ2) is 12.0. The van der Waals surface area contributed by atoms with Gasteiger partial charge in [-0.15, -0.1) is 9.24 Å². The average molecular weight is 612 g/mol. The quantitative estimate of drug-likeness (QED) is 0.356. The first kappa shape index (κ1) is 30.9. The number of aromatic amines is 1. The normalized spacial score (nSPS) is 21.8. The largest absolute Gasteiger partial charge is 0.352 e. The Labute approximate surface area is 240 Å². The predicted octanol–water partition coefficient (Wildman–Crippen LogP) is 4.00. The maximum Gasteiger partial charge on any atom is 0.291 e. The Morgan fingerprint density at radius 3 is 2.62 bits per heavy atom. The van der Waals surface area contributed by atoms with E-state index in [1.807, 2.05) is 26.0 Å². The summed E-state index contributed by atoms with van der Waals surface area (Å²) < 4.78 is 30.1. The first-order valence-corrected chi connectivity index (χ1v) is 15.1. The minimum atomic E-state index is -1.58. The number of carbonyl (C=O) groups excluding carboxylic acids is 2. The fraction of sp³-hybridized carbons (Fsp3) is 0.577. The molecule has 3 aromatic rings. The summed E-state index contributed by atoms with van der Waals surface area (Å²) in [7, 11) is 8.76. The molecule has 0 saturated heterocycles. The molecule has 2 heterocycles. The van der Waals surface area contributed by atoms with Crippen LogP contribution in [0.15, 0.2) is 18.5 Å². The second-order valence-electron chi connectivity index (χ2n) is 11.2. The first-order chi connectivity index (χ1) is 18.7. The zero-order chi connectivity index (χ0) is 29.4. The van der Waals surface area contributed by atoms with Crippen LogP contribution in [0.2, 0.25) is 0 Å². The van der Waals surface area contributed by atoms with Crippen molar-refractivity contribution in [2.24, 2.45) is 5.92 Å². The van der Waals surface area contributed by atoms with E-state index in [9.17, 15) is 18.4 Å². The van der Waals surface area contributed by atoms with Crippen LogP contribution in [0.4, 0.5) is 8.78 Å². The molecule has 4 unspecified atom stereocenters. The van der Waals surface area contributed by atoms with E-state index in [4.69, 9.17) is 4.98 Å². The predicted molar refractivity (Wildman–Crippen MR) is 162 cm³/mol. The van der Waals surface area contributed by atoms with Gasteiger partial charge in [-0.1, -0.05) is 24.5 Å². The molecule has 4 rings (SSSR count). The molecular formula is C26H38F2N7O2P3. The highest BCUT2D eigenvalue weighted by molar-refractivity contribution is 7.28. The molecule has 40 heavy (non-hydrogen) atoms. The number of carbonyl (C=O) groups is 2. The summed E-state index contributed by atoms with van der Waals surface area (Å²) in [6, 6.07) is 3.17. The average Bonchev–Trinajstić information content (AvgIpc) is 3.53. The number of fused-ring (bicyclic) bond motifs is 1. The van der Waals surface area contributed by atoms with Crippen LogP contribution in [-0.4, -0.2) is 65.9 Å². The summed E-state index contributed by atoms with van der Waals surface area (Å²) in [5.41, 5.74) is 2.15. The van der Waals surface area contributed by atoms with Gasteiger partial charge in [0.05, 0.1) is 30.0 Å². The molecule has 0 aliphatic heterocycles. The summed E-state index contributed by atoms with van der Waals surface area (Å²) in [6.45, 7) is 5.12. The van der Waals surface area contributed by atoms with E-state index < -0.39 is 16.9 Å². The van der Waals surface area contributed by atoms with E-state index in [2.05, 4.69) is 48.1 Å². The molecule has 1 aliphatic rings. The van der Waals surface area contributed by atoms with Crippen molar-refractivity contribution in [2.45, 2.75) is 75.8 Å². The monoisotopic (exact) mass is 611 g/mol. The number of benzene rings is 1. The lowest BCUT2D eigenvalue weighted by atomic mass is 9.81. The number of hydrogen-bond acceptors (Lipinski definition) is 5. The van der Waals surface area contributed by atoms with Crippen molar-refractivity contribution >= 4 is 55.9 Å². The number of hydrogen-bond donors (Lipinski definition) is 2. The fourth-order valence-electron chi connectivity index (χ4n) is 5.18. The lowest BCUT2D eigenvalue weighted by Gasteiger charge is -2.38. The minimum Gasteiger partial charge on any atom is -0.352 e. The van der Waals surface area contributed by atoms with Gasteiger partial charge in [0.15, 0.2) is 0 Å². The van der Waals surface area contributed by atoms with Crippen LogP contribution >= 0.6 is 27.7 Å². The van der Waals surface area contributed by atoms with Crippen molar-refractivity contribution in [1.29, 1.82) is 0 Å². The molecule has 0 radical (unpaired) electrons. The third-order valence-electron chi connectivity index (χ3n) is 7.36. The molecule has 218 valence electrons. The number of imidazole rings is 1. The van der Waals surface area contributed by atoms with Gasteiger partial charge in [0.1, 0.15) is 23.0 Å². The lowest BCUT2D eigenvalue weighted by Crippen LogP contribution is -2.40. The Kier molecular flexibility index (Phi) is 9.29. The van der Waals surface area contributed by atoms with Crippen LogP contribution in [0.1, 0.15) is 80.5 Å². The highest BCUT2D eigenvalue weighted by atomic mass is 31.0. The van der Waals surface area contributed by atoms with Crippen LogP contribution in [0.5, 0.6) is 0 Å². The number of nitrogens with zero attached hydrogens (tertiary/aromatic N) is 5. The van der Waals surface area contributed by atoms with Gasteiger partial charge in [-0.2, -0.15) is 5.10 Å². The highest BCUT2D eigenvalue weighted by Crippen LogP contribution is 2.45. The van der Waals surface area contributed by atoms with Gasteiger partial charge in [-0.05, 0) is 64.0 Å². The Balaban J connectivity index is 1.67. The minimum absolute atomic E-state index is 0.0329. The summed E-state index contributed by atoms with van der Waals surface area (Å²) >= 11 is 0. The van der Waals surface area contributed by atoms with Gasteiger partial charge in [0, 0.05) is 18.4 Å². The number of rotatable bonds is 9. The standard InChI is InChI=1S/C26H38F2N7O2P3/c1-14(2)35-23(30-13-31-35)24(37)34(4)20(15-7-9-26(28,40)10-8-15)22-32-17-6-5-16(21(38)19(17)33-22)11-18(36)29-12-25(3,27)39/h5-6,13-15,20H,7-12,38-40H2,1-4H3,(H,29,36)(H,32,33)/t15?,20-,25?,26?/m0/s1. The molecule has 2 aromatic heterocycles. The SMILES string of the molecule is CC(C)n1ncnc1C(=O)N(C)[C@H](c1nc2c(P)c(CC(=O)NCC(C)(F)P)ccc2[nH]1)C1CCC(F)(P)CC1. The molecule has 0 spiro atoms. The van der Waals surface area contributed by atoms with Gasteiger partial charge >= 0.3 is 0 Å². The van der Waals surface area contributed by atoms with Gasteiger partial charge in [0.25, 0.3) is 5.91 Å². The van der Waals surface area contributed by atoms with Crippen molar-refractivity contribution in [3.05, 3.63) is 35.7 Å². The maximum atomic E-state index is 14.7. The van der Waals surface area contributed by atoms with E-state index in [1.54, 1.807) is 16.6 Å². The zero-order valence-corrected chi connectivity index (χ0v) is 26.7. The molecule has 9 nitrogen and oxygen atoms in total. The molecule has 1 saturated carbocycles. The van der Waals surface area contributed by atoms with E-state index in [1.165, 1.54) is 13.3 Å². The number of nitrogens with one attached hydrogen (secondary N) is 2. The van der Waals surface area contributed by atoms with Gasteiger partial charge in [0.2, 0.25) is 11.7 Å². The fourth-order valence-corrected chi connectivity index (χ4v) is 6.04. The summed E-state index contributed by atoms with van der Waals surface area (Å²) in [4.78, 5) is 40.3. The van der Waals surface area contributed by atoms with E-state index in [0.29, 0.717) is 37.0 Å². The Hall–Kier alpha value is -2.08. The molecule has 2 amide bonds. The third kappa shape index (κ3) is 7.03. The van der Waals surface area contributed by atoms with Crippen LogP contribution in [0.3, 0.4) is 0 Å². The molecule has 1 aliphatic carbocycles. The Morgan fingerprint density at radius 1 is 1.32 bits per heavy atom. The highest BCUT2D eigenvalue weighted by Gasteiger charge is 2.40. The Bertz CT molecular complexity index is 1380. The van der Waals surface area contributed by atoms with Crippen molar-refractivity contribution in [3.8, 4) is 0 Å². The Morgan fingerprint density at radius 2 is 2.00 bits per heavy atom. The number of H-pyrrole nitrogens is 1. The van der Waals surface area contributed by atoms with E-state index in [0.717, 1.165) is 16.4 Å².